The van der Waals surface area contributed by atoms with E-state index in [4.69, 9.17) is 4.74 Å². The van der Waals surface area contributed by atoms with Crippen molar-refractivity contribution in [2.24, 2.45) is 4.99 Å². The number of benzene rings is 2. The van der Waals surface area contributed by atoms with Crippen LogP contribution in [0.2, 0.25) is 0 Å². The lowest BCUT2D eigenvalue weighted by Gasteiger charge is -2.13. The zero-order chi connectivity index (χ0) is 18.8. The van der Waals surface area contributed by atoms with Crippen LogP contribution in [0.5, 0.6) is 5.75 Å². The Morgan fingerprint density at radius 1 is 1.07 bits per heavy atom. The first-order valence-electron chi connectivity index (χ1n) is 9.02. The maximum absolute atomic E-state index is 10.3. The van der Waals surface area contributed by atoms with Gasteiger partial charge in [0.2, 0.25) is 0 Å². The van der Waals surface area contributed by atoms with Gasteiger partial charge >= 0.3 is 0 Å². The lowest BCUT2D eigenvalue weighted by molar-refractivity contribution is 0.187. The Morgan fingerprint density at radius 2 is 1.74 bits per heavy atom. The highest BCUT2D eigenvalue weighted by atomic mass is 127. The van der Waals surface area contributed by atoms with Gasteiger partial charge in [0, 0.05) is 13.1 Å². The van der Waals surface area contributed by atoms with Crippen molar-refractivity contribution >= 4 is 29.9 Å². The molecule has 3 N–H and O–H groups in total. The summed E-state index contributed by atoms with van der Waals surface area (Å²) in [6, 6.07) is 15.9. The predicted molar refractivity (Wildman–Crippen MR) is 122 cm³/mol. The fourth-order valence-corrected chi connectivity index (χ4v) is 2.53. The first-order valence-corrected chi connectivity index (χ1v) is 9.02. The number of ether oxygens (including phenoxy) is 1. The summed E-state index contributed by atoms with van der Waals surface area (Å²) in [5.74, 6) is 1.58. The van der Waals surface area contributed by atoms with Crippen LogP contribution in [0.1, 0.15) is 29.7 Å². The van der Waals surface area contributed by atoms with Gasteiger partial charge in [-0.3, -0.25) is 4.99 Å². The van der Waals surface area contributed by atoms with E-state index in [9.17, 15) is 5.11 Å². The van der Waals surface area contributed by atoms with Crippen molar-refractivity contribution in [3.05, 3.63) is 65.2 Å². The molecule has 6 heteroatoms. The monoisotopic (exact) mass is 483 g/mol. The van der Waals surface area contributed by atoms with Crippen molar-refractivity contribution in [1.29, 1.82) is 0 Å². The molecule has 0 spiro atoms. The van der Waals surface area contributed by atoms with Gasteiger partial charge in [-0.05, 0) is 43.5 Å². The highest BCUT2D eigenvalue weighted by molar-refractivity contribution is 14.0. The van der Waals surface area contributed by atoms with Gasteiger partial charge < -0.3 is 20.5 Å². The molecule has 0 heterocycles. The van der Waals surface area contributed by atoms with Gasteiger partial charge in [0.05, 0.1) is 19.8 Å². The number of methoxy groups -OCH3 is 1. The number of hydrogen-bond donors (Lipinski definition) is 3. The summed E-state index contributed by atoms with van der Waals surface area (Å²) in [6.45, 7) is 5.91. The number of nitrogens with zero attached hydrogens (tertiary/aromatic N) is 1. The third kappa shape index (κ3) is 8.17. The number of guanidine groups is 1. The van der Waals surface area contributed by atoms with Crippen molar-refractivity contribution in [3.63, 3.8) is 0 Å². The Hall–Kier alpha value is -1.80. The van der Waals surface area contributed by atoms with E-state index in [1.54, 1.807) is 7.11 Å². The maximum Gasteiger partial charge on any atom is 0.191 e. The number of aryl methyl sites for hydroxylation is 1. The highest BCUT2D eigenvalue weighted by Gasteiger charge is 2.07. The van der Waals surface area contributed by atoms with Crippen molar-refractivity contribution in [1.82, 2.24) is 10.6 Å². The number of halogens is 1. The zero-order valence-electron chi connectivity index (χ0n) is 16.2. The Labute approximate surface area is 179 Å². The van der Waals surface area contributed by atoms with Crippen molar-refractivity contribution in [3.8, 4) is 5.75 Å². The Bertz CT molecular complexity index is 688. The molecule has 0 saturated carbocycles. The molecule has 148 valence electrons. The quantitative estimate of drug-likeness (QED) is 0.306. The number of hydrogen-bond acceptors (Lipinski definition) is 3. The third-order valence-electron chi connectivity index (χ3n) is 4.09. The Kier molecular flexibility index (Phi) is 10.8. The molecule has 0 bridgehead atoms. The molecule has 0 saturated heterocycles. The minimum absolute atomic E-state index is 0. The van der Waals surface area contributed by atoms with Gasteiger partial charge in [-0.2, -0.15) is 0 Å². The fraction of sp³-hybridized carbons (Fsp3) is 0.381. The summed E-state index contributed by atoms with van der Waals surface area (Å²) in [5.41, 5.74) is 3.29. The highest BCUT2D eigenvalue weighted by Crippen LogP contribution is 2.14. The molecule has 27 heavy (non-hydrogen) atoms. The van der Waals surface area contributed by atoms with E-state index in [0.717, 1.165) is 30.8 Å². The average molecular weight is 483 g/mol. The fourth-order valence-electron chi connectivity index (χ4n) is 2.53. The van der Waals surface area contributed by atoms with Crippen molar-refractivity contribution in [2.75, 3.05) is 26.7 Å². The van der Waals surface area contributed by atoms with Gasteiger partial charge in [-0.25, -0.2) is 0 Å². The second kappa shape index (κ2) is 12.6. The number of aliphatic imine (C=N–C) groups is 1. The first-order chi connectivity index (χ1) is 12.6. The van der Waals surface area contributed by atoms with E-state index < -0.39 is 6.10 Å². The molecule has 0 amide bonds. The Morgan fingerprint density at radius 3 is 2.33 bits per heavy atom. The molecular formula is C21H30IN3O2. The SMILES string of the molecule is CCNC(=NCC(O)c1ccc(C)cc1)NCCc1ccc(OC)cc1.I. The topological polar surface area (TPSA) is 65.9 Å². The van der Waals surface area contributed by atoms with Crippen LogP contribution < -0.4 is 15.4 Å². The van der Waals surface area contributed by atoms with Crippen LogP contribution >= 0.6 is 24.0 Å². The van der Waals surface area contributed by atoms with Crippen molar-refractivity contribution < 1.29 is 9.84 Å². The molecule has 0 aromatic heterocycles. The van der Waals surface area contributed by atoms with Crippen LogP contribution in [0.4, 0.5) is 0 Å². The van der Waals surface area contributed by atoms with E-state index in [1.165, 1.54) is 11.1 Å². The second-order valence-electron chi connectivity index (χ2n) is 6.17. The van der Waals surface area contributed by atoms with Crippen LogP contribution in [0.25, 0.3) is 0 Å². The smallest absolute Gasteiger partial charge is 0.191 e. The molecule has 2 aromatic carbocycles. The summed E-state index contributed by atoms with van der Waals surface area (Å²) in [7, 11) is 1.67. The summed E-state index contributed by atoms with van der Waals surface area (Å²) in [6.07, 6.45) is 0.280. The van der Waals surface area contributed by atoms with E-state index in [1.807, 2.05) is 50.2 Å². The maximum atomic E-state index is 10.3. The van der Waals surface area contributed by atoms with E-state index in [2.05, 4.69) is 27.8 Å². The number of aliphatic hydroxyl groups excluding tert-OH is 1. The van der Waals surface area contributed by atoms with Crippen LogP contribution in [0.15, 0.2) is 53.5 Å². The van der Waals surface area contributed by atoms with Crippen molar-refractivity contribution in [2.45, 2.75) is 26.4 Å². The van der Waals surface area contributed by atoms with Gasteiger partial charge in [0.1, 0.15) is 5.75 Å². The first kappa shape index (κ1) is 23.2. The number of aliphatic hydroxyl groups is 1. The summed E-state index contributed by atoms with van der Waals surface area (Å²) in [5, 5.41) is 16.8. The molecule has 2 rings (SSSR count). The third-order valence-corrected chi connectivity index (χ3v) is 4.09. The zero-order valence-corrected chi connectivity index (χ0v) is 18.6. The summed E-state index contributed by atoms with van der Waals surface area (Å²) >= 11 is 0. The lowest BCUT2D eigenvalue weighted by Crippen LogP contribution is -2.38. The molecule has 0 fully saturated rings. The molecule has 0 aliphatic rings. The second-order valence-corrected chi connectivity index (χ2v) is 6.17. The standard InChI is InChI=1S/C21H29N3O2.HI/c1-4-22-21(23-14-13-17-7-11-19(26-3)12-8-17)24-15-20(25)18-9-5-16(2)6-10-18;/h5-12,20,25H,4,13-15H2,1-3H3,(H2,22,23,24);1H. The molecule has 1 atom stereocenters. The van der Waals surface area contributed by atoms with Crippen LogP contribution in [0, 0.1) is 6.92 Å². The minimum atomic E-state index is -0.604. The van der Waals surface area contributed by atoms with Crippen LogP contribution in [0.3, 0.4) is 0 Å². The lowest BCUT2D eigenvalue weighted by atomic mass is 10.1. The molecule has 1 unspecified atom stereocenters. The predicted octanol–water partition coefficient (Wildman–Crippen LogP) is 3.45. The van der Waals surface area contributed by atoms with Crippen LogP contribution in [-0.2, 0) is 6.42 Å². The molecule has 5 nitrogen and oxygen atoms in total. The number of nitrogens with one attached hydrogen (secondary N) is 2. The molecule has 0 aliphatic heterocycles. The normalized spacial score (nSPS) is 12.1. The van der Waals surface area contributed by atoms with Crippen LogP contribution in [-0.4, -0.2) is 37.8 Å². The molecule has 2 aromatic rings. The molecule has 0 aliphatic carbocycles. The van der Waals surface area contributed by atoms with E-state index in [0.29, 0.717) is 12.5 Å². The van der Waals surface area contributed by atoms with Gasteiger partial charge in [-0.15, -0.1) is 24.0 Å². The van der Waals surface area contributed by atoms with Gasteiger partial charge in [0.15, 0.2) is 5.96 Å². The summed E-state index contributed by atoms with van der Waals surface area (Å²) < 4.78 is 5.17. The Balaban J connectivity index is 0.00000364. The van der Waals surface area contributed by atoms with Gasteiger partial charge in [-0.1, -0.05) is 42.0 Å². The average Bonchev–Trinajstić information content (AvgIpc) is 2.67. The van der Waals surface area contributed by atoms with Gasteiger partial charge in [0.25, 0.3) is 0 Å². The molecule has 0 radical (unpaired) electrons. The van der Waals surface area contributed by atoms with E-state index in [-0.39, 0.29) is 24.0 Å². The number of rotatable bonds is 8. The largest absolute Gasteiger partial charge is 0.497 e. The summed E-state index contributed by atoms with van der Waals surface area (Å²) in [4.78, 5) is 4.50. The van der Waals surface area contributed by atoms with E-state index >= 15 is 0 Å². The minimum Gasteiger partial charge on any atom is -0.497 e. The molecular weight excluding hydrogens is 453 g/mol.